The molecule has 0 heterocycles. The summed E-state index contributed by atoms with van der Waals surface area (Å²) in [6.45, 7) is 0.632. The number of anilines is 1. The number of hydrogen-bond donors (Lipinski definition) is 2. The number of carbonyl (C=O) groups excluding carboxylic acids is 1. The van der Waals surface area contributed by atoms with Crippen LogP contribution in [0.3, 0.4) is 0 Å². The second kappa shape index (κ2) is 7.78. The van der Waals surface area contributed by atoms with Gasteiger partial charge in [0.25, 0.3) is 5.91 Å². The van der Waals surface area contributed by atoms with Crippen molar-refractivity contribution in [2.75, 3.05) is 38.5 Å². The molecule has 1 amide bonds. The Kier molecular flexibility index (Phi) is 6.35. The molecular weight excluding hydrogens is 264 g/mol. The molecular formula is C13H20N2O3S. The van der Waals surface area contributed by atoms with E-state index in [1.807, 2.05) is 6.26 Å². The van der Waals surface area contributed by atoms with Crippen molar-refractivity contribution in [2.24, 2.45) is 0 Å². The fraction of sp³-hybridized carbons (Fsp3) is 0.462. The lowest BCUT2D eigenvalue weighted by atomic mass is 10.1. The van der Waals surface area contributed by atoms with E-state index in [9.17, 15) is 4.79 Å². The second-order valence-corrected chi connectivity index (χ2v) is 4.88. The maximum absolute atomic E-state index is 12.0. The topological polar surface area (TPSA) is 73.6 Å². The van der Waals surface area contributed by atoms with Crippen molar-refractivity contribution in [3.63, 3.8) is 0 Å². The van der Waals surface area contributed by atoms with E-state index in [0.717, 1.165) is 12.2 Å². The van der Waals surface area contributed by atoms with E-state index in [0.29, 0.717) is 29.3 Å². The van der Waals surface area contributed by atoms with Gasteiger partial charge in [-0.1, -0.05) is 0 Å². The Morgan fingerprint density at radius 1 is 1.32 bits per heavy atom. The molecule has 5 nitrogen and oxygen atoms in total. The fourth-order valence-corrected chi connectivity index (χ4v) is 2.04. The number of carbonyl (C=O) groups is 1. The Hall–Kier alpha value is -1.56. The summed E-state index contributed by atoms with van der Waals surface area (Å²) in [5.41, 5.74) is 6.63. The van der Waals surface area contributed by atoms with Crippen molar-refractivity contribution in [2.45, 2.75) is 6.42 Å². The van der Waals surface area contributed by atoms with Crippen molar-refractivity contribution >= 4 is 23.4 Å². The lowest BCUT2D eigenvalue weighted by molar-refractivity contribution is 0.0954. The number of amides is 1. The van der Waals surface area contributed by atoms with Gasteiger partial charge in [-0.2, -0.15) is 11.8 Å². The van der Waals surface area contributed by atoms with Gasteiger partial charge in [-0.05, 0) is 24.5 Å². The second-order valence-electron chi connectivity index (χ2n) is 3.90. The van der Waals surface area contributed by atoms with E-state index < -0.39 is 0 Å². The first kappa shape index (κ1) is 15.5. The van der Waals surface area contributed by atoms with Gasteiger partial charge >= 0.3 is 0 Å². The van der Waals surface area contributed by atoms with Crippen LogP contribution in [0.4, 0.5) is 5.69 Å². The Morgan fingerprint density at radius 3 is 2.53 bits per heavy atom. The van der Waals surface area contributed by atoms with Crippen molar-refractivity contribution in [3.8, 4) is 11.5 Å². The number of methoxy groups -OCH3 is 2. The van der Waals surface area contributed by atoms with Crippen LogP contribution in [0, 0.1) is 0 Å². The van der Waals surface area contributed by atoms with Gasteiger partial charge in [0.2, 0.25) is 0 Å². The minimum Gasteiger partial charge on any atom is -0.493 e. The van der Waals surface area contributed by atoms with Crippen LogP contribution in [-0.4, -0.2) is 38.7 Å². The molecule has 1 aromatic rings. The molecule has 6 heteroatoms. The SMILES string of the molecule is COc1cc(N)c(C(=O)NCCCSC)cc1OC. The van der Waals surface area contributed by atoms with Gasteiger partial charge < -0.3 is 20.5 Å². The first-order chi connectivity index (χ1) is 9.13. The summed E-state index contributed by atoms with van der Waals surface area (Å²) in [6.07, 6.45) is 2.97. The largest absolute Gasteiger partial charge is 0.493 e. The van der Waals surface area contributed by atoms with E-state index in [1.54, 1.807) is 23.9 Å². The van der Waals surface area contributed by atoms with Crippen LogP contribution in [0.5, 0.6) is 11.5 Å². The van der Waals surface area contributed by atoms with Gasteiger partial charge in [0.05, 0.1) is 19.8 Å². The molecule has 1 rings (SSSR count). The molecule has 0 fully saturated rings. The van der Waals surface area contributed by atoms with Gasteiger partial charge in [0.15, 0.2) is 11.5 Å². The van der Waals surface area contributed by atoms with E-state index in [1.165, 1.54) is 14.2 Å². The number of rotatable bonds is 7. The highest BCUT2D eigenvalue weighted by molar-refractivity contribution is 7.98. The molecule has 3 N–H and O–H groups in total. The van der Waals surface area contributed by atoms with Crippen LogP contribution in [0.25, 0.3) is 0 Å². The Bertz CT molecular complexity index is 438. The number of benzene rings is 1. The molecule has 0 spiro atoms. The minimum absolute atomic E-state index is 0.195. The van der Waals surface area contributed by atoms with Crippen molar-refractivity contribution in [3.05, 3.63) is 17.7 Å². The Morgan fingerprint density at radius 2 is 1.95 bits per heavy atom. The third kappa shape index (κ3) is 4.24. The van der Waals surface area contributed by atoms with Crippen molar-refractivity contribution in [1.29, 1.82) is 0 Å². The van der Waals surface area contributed by atoms with Crippen LogP contribution in [0.2, 0.25) is 0 Å². The summed E-state index contributed by atoms with van der Waals surface area (Å²) in [7, 11) is 3.05. The van der Waals surface area contributed by atoms with Gasteiger partial charge in [-0.25, -0.2) is 0 Å². The van der Waals surface area contributed by atoms with Crippen LogP contribution < -0.4 is 20.5 Å². The molecule has 0 radical (unpaired) electrons. The zero-order chi connectivity index (χ0) is 14.3. The third-order valence-corrected chi connectivity index (χ3v) is 3.31. The lowest BCUT2D eigenvalue weighted by Gasteiger charge is -2.12. The molecule has 19 heavy (non-hydrogen) atoms. The predicted octanol–water partition coefficient (Wildman–Crippen LogP) is 1.77. The zero-order valence-electron chi connectivity index (χ0n) is 11.5. The highest BCUT2D eigenvalue weighted by Gasteiger charge is 2.14. The normalized spacial score (nSPS) is 10.1. The van der Waals surface area contributed by atoms with Gasteiger partial charge in [-0.15, -0.1) is 0 Å². The van der Waals surface area contributed by atoms with Crippen molar-refractivity contribution < 1.29 is 14.3 Å². The smallest absolute Gasteiger partial charge is 0.253 e. The molecule has 1 aromatic carbocycles. The van der Waals surface area contributed by atoms with Crippen LogP contribution in [0.15, 0.2) is 12.1 Å². The average Bonchev–Trinajstić information content (AvgIpc) is 2.42. The fourth-order valence-electron chi connectivity index (χ4n) is 1.61. The van der Waals surface area contributed by atoms with E-state index in [2.05, 4.69) is 5.32 Å². The summed E-state index contributed by atoms with van der Waals surface area (Å²) in [5, 5.41) is 2.83. The predicted molar refractivity (Wildman–Crippen MR) is 79.3 cm³/mol. The molecule has 0 aromatic heterocycles. The maximum Gasteiger partial charge on any atom is 0.253 e. The van der Waals surface area contributed by atoms with Crippen molar-refractivity contribution in [1.82, 2.24) is 5.32 Å². The monoisotopic (exact) mass is 284 g/mol. The molecule has 0 aliphatic heterocycles. The van der Waals surface area contributed by atoms with Crippen LogP contribution in [-0.2, 0) is 0 Å². The van der Waals surface area contributed by atoms with Gasteiger partial charge in [0.1, 0.15) is 0 Å². The first-order valence-corrected chi connectivity index (χ1v) is 7.32. The van der Waals surface area contributed by atoms with Crippen LogP contribution >= 0.6 is 11.8 Å². The lowest BCUT2D eigenvalue weighted by Crippen LogP contribution is -2.25. The summed E-state index contributed by atoms with van der Waals surface area (Å²) < 4.78 is 10.3. The number of ether oxygens (including phenoxy) is 2. The molecule has 0 unspecified atom stereocenters. The number of nitrogens with one attached hydrogen (secondary N) is 1. The average molecular weight is 284 g/mol. The van der Waals surface area contributed by atoms with E-state index in [-0.39, 0.29) is 5.91 Å². The Balaban J connectivity index is 2.79. The van der Waals surface area contributed by atoms with Gasteiger partial charge in [0, 0.05) is 18.3 Å². The molecule has 0 bridgehead atoms. The summed E-state index contributed by atoms with van der Waals surface area (Å²) in [5.74, 6) is 1.83. The molecule has 0 aliphatic rings. The standard InChI is InChI=1S/C13H20N2O3S/c1-17-11-7-9(10(14)8-12(11)18-2)13(16)15-5-4-6-19-3/h7-8H,4-6,14H2,1-3H3,(H,15,16). The molecule has 0 saturated heterocycles. The number of nitrogen functional groups attached to an aromatic ring is 1. The van der Waals surface area contributed by atoms with E-state index >= 15 is 0 Å². The van der Waals surface area contributed by atoms with Gasteiger partial charge in [-0.3, -0.25) is 4.79 Å². The number of thioether (sulfide) groups is 1. The molecule has 0 saturated carbocycles. The summed E-state index contributed by atoms with van der Waals surface area (Å²) in [4.78, 5) is 12.0. The Labute approximate surface area is 117 Å². The van der Waals surface area contributed by atoms with E-state index in [4.69, 9.17) is 15.2 Å². The summed E-state index contributed by atoms with van der Waals surface area (Å²) in [6, 6.07) is 3.19. The third-order valence-electron chi connectivity index (χ3n) is 2.61. The zero-order valence-corrected chi connectivity index (χ0v) is 12.3. The highest BCUT2D eigenvalue weighted by Crippen LogP contribution is 2.31. The maximum atomic E-state index is 12.0. The number of hydrogen-bond acceptors (Lipinski definition) is 5. The highest BCUT2D eigenvalue weighted by atomic mass is 32.2. The minimum atomic E-state index is -0.195. The summed E-state index contributed by atoms with van der Waals surface area (Å²) >= 11 is 1.75. The quantitative estimate of drug-likeness (QED) is 0.589. The molecule has 0 aliphatic carbocycles. The first-order valence-electron chi connectivity index (χ1n) is 5.92. The number of nitrogens with two attached hydrogens (primary N) is 1. The molecule has 106 valence electrons. The molecule has 0 atom stereocenters. The van der Waals surface area contributed by atoms with Crippen LogP contribution in [0.1, 0.15) is 16.8 Å².